The molecule has 1 rings (SSSR count). The van der Waals surface area contributed by atoms with Gasteiger partial charge in [-0.3, -0.25) is 4.90 Å². The predicted octanol–water partition coefficient (Wildman–Crippen LogP) is 3.08. The molecule has 25 heavy (non-hydrogen) atoms. The smallest absolute Gasteiger partial charge is 0.453 e. The van der Waals surface area contributed by atoms with E-state index in [1.54, 1.807) is 13.8 Å². The summed E-state index contributed by atoms with van der Waals surface area (Å²) in [5.41, 5.74) is 8.12. The molecule has 0 amide bonds. The van der Waals surface area contributed by atoms with Crippen LogP contribution in [0.1, 0.15) is 54.4 Å². The van der Waals surface area contributed by atoms with Gasteiger partial charge in [0, 0.05) is 23.9 Å². The molecule has 0 aromatic rings. The molecule has 1 saturated heterocycles. The Bertz CT molecular complexity index is 571. The van der Waals surface area contributed by atoms with Crippen LogP contribution < -0.4 is 0 Å². The minimum atomic E-state index is -4.01. The molecule has 0 N–H and O–H groups in total. The van der Waals surface area contributed by atoms with Crippen LogP contribution in [-0.2, 0) is 23.1 Å². The largest absolute Gasteiger partial charge is 0.484 e. The van der Waals surface area contributed by atoms with Crippen molar-refractivity contribution in [3.8, 4) is 0 Å². The molecule has 9 heteroatoms. The number of carbonyl (C=O) groups is 1. The monoisotopic (exact) mass is 375 g/mol. The second-order valence-electron chi connectivity index (χ2n) is 7.38. The molecule has 0 radical (unpaired) electrons. The van der Waals surface area contributed by atoms with Crippen LogP contribution in [0.4, 0.5) is 0 Å². The molecule has 0 aliphatic carbocycles. The van der Waals surface area contributed by atoms with Crippen molar-refractivity contribution < 1.29 is 27.9 Å². The lowest BCUT2D eigenvalue weighted by atomic mass is 9.79. The molecule has 1 fully saturated rings. The zero-order valence-electron chi connectivity index (χ0n) is 16.2. The van der Waals surface area contributed by atoms with Crippen molar-refractivity contribution in [2.75, 3.05) is 20.3 Å². The maximum atomic E-state index is 12.7. The summed E-state index contributed by atoms with van der Waals surface area (Å²) >= 11 is 0. The predicted molar refractivity (Wildman–Crippen MR) is 94.5 cm³/mol. The van der Waals surface area contributed by atoms with Gasteiger partial charge in [0.1, 0.15) is 6.10 Å². The SMILES string of the molecule is CCOP(=O)(OCC)C(=[N+]=[N-])C(=O)OC1CC(C)(C)N(C)C(C)(C)C1. The highest BCUT2D eigenvalue weighted by Gasteiger charge is 2.50. The zero-order valence-corrected chi connectivity index (χ0v) is 17.1. The molecule has 1 aliphatic heterocycles. The van der Waals surface area contributed by atoms with Gasteiger partial charge in [-0.1, -0.05) is 0 Å². The van der Waals surface area contributed by atoms with Crippen molar-refractivity contribution in [2.24, 2.45) is 0 Å². The molecular formula is C16H30N3O5P. The molecule has 0 saturated carbocycles. The van der Waals surface area contributed by atoms with Gasteiger partial charge < -0.3 is 19.3 Å². The summed E-state index contributed by atoms with van der Waals surface area (Å²) in [6, 6.07) is 0. The normalized spacial score (nSPS) is 20.8. The fourth-order valence-corrected chi connectivity index (χ4v) is 4.66. The van der Waals surface area contributed by atoms with E-state index in [0.717, 1.165) is 0 Å². The minimum Gasteiger partial charge on any atom is -0.453 e. The number of rotatable bonds is 7. The van der Waals surface area contributed by atoms with E-state index < -0.39 is 25.1 Å². The van der Waals surface area contributed by atoms with Gasteiger partial charge >= 0.3 is 19.0 Å². The number of carbonyl (C=O) groups excluding carboxylic acids is 1. The average Bonchev–Trinajstić information content (AvgIpc) is 2.45. The Morgan fingerprint density at radius 3 is 1.96 bits per heavy atom. The van der Waals surface area contributed by atoms with Crippen LogP contribution in [0.15, 0.2) is 0 Å². The van der Waals surface area contributed by atoms with E-state index in [2.05, 4.69) is 37.4 Å². The lowest BCUT2D eigenvalue weighted by Crippen LogP contribution is -2.60. The van der Waals surface area contributed by atoms with Crippen molar-refractivity contribution in [1.82, 2.24) is 4.90 Å². The molecule has 1 heterocycles. The van der Waals surface area contributed by atoms with Crippen LogP contribution in [0, 0.1) is 0 Å². The van der Waals surface area contributed by atoms with Crippen molar-refractivity contribution in [2.45, 2.75) is 71.6 Å². The third-order valence-corrected chi connectivity index (χ3v) is 6.67. The fourth-order valence-electron chi connectivity index (χ4n) is 3.27. The third-order valence-electron chi connectivity index (χ3n) is 4.68. The molecule has 0 aromatic heterocycles. The van der Waals surface area contributed by atoms with E-state index in [-0.39, 0.29) is 24.3 Å². The van der Waals surface area contributed by atoms with Crippen LogP contribution >= 0.6 is 7.60 Å². The quantitative estimate of drug-likeness (QED) is 0.223. The molecule has 1 aliphatic rings. The van der Waals surface area contributed by atoms with Crippen molar-refractivity contribution >= 4 is 19.0 Å². The van der Waals surface area contributed by atoms with Gasteiger partial charge in [-0.25, -0.2) is 9.36 Å². The van der Waals surface area contributed by atoms with E-state index in [0.29, 0.717) is 12.8 Å². The lowest BCUT2D eigenvalue weighted by molar-refractivity contribution is -0.154. The van der Waals surface area contributed by atoms with Gasteiger partial charge in [0.05, 0.1) is 13.2 Å². The molecule has 0 atom stereocenters. The van der Waals surface area contributed by atoms with Gasteiger partial charge in [-0.05, 0) is 48.6 Å². The minimum absolute atomic E-state index is 0.0395. The summed E-state index contributed by atoms with van der Waals surface area (Å²) in [7, 11) is -1.98. The lowest BCUT2D eigenvalue weighted by Gasteiger charge is -2.53. The van der Waals surface area contributed by atoms with Crippen LogP contribution in [-0.4, -0.2) is 58.6 Å². The Labute approximate surface area is 150 Å². The molecule has 8 nitrogen and oxygen atoms in total. The third kappa shape index (κ3) is 4.99. The van der Waals surface area contributed by atoms with Crippen LogP contribution in [0.5, 0.6) is 0 Å². The molecule has 0 aromatic carbocycles. The maximum Gasteiger partial charge on any atom is 0.484 e. The second-order valence-corrected chi connectivity index (χ2v) is 9.31. The van der Waals surface area contributed by atoms with Crippen molar-refractivity contribution in [1.29, 1.82) is 0 Å². The molecule has 144 valence electrons. The summed E-state index contributed by atoms with van der Waals surface area (Å²) in [4.78, 5) is 17.6. The summed E-state index contributed by atoms with van der Waals surface area (Å²) in [5, 5.41) is 0. The number of hydrogen-bond acceptors (Lipinski definition) is 6. The standard InChI is InChI=1S/C16H30N3O5P/c1-8-22-25(21,23-9-2)13(18-17)14(20)24-12-10-15(3,4)19(7)16(5,6)11-12/h12H,8-11H2,1-7H3. The van der Waals surface area contributed by atoms with Gasteiger partial charge in [0.2, 0.25) is 0 Å². The number of hydrogen-bond donors (Lipinski definition) is 0. The number of esters is 1. The van der Waals surface area contributed by atoms with Crippen LogP contribution in [0.25, 0.3) is 5.53 Å². The number of likely N-dealkylation sites (tertiary alicyclic amines) is 1. The van der Waals surface area contributed by atoms with E-state index in [4.69, 9.17) is 13.8 Å². The first kappa shape index (κ1) is 22.0. The van der Waals surface area contributed by atoms with Crippen LogP contribution in [0.3, 0.4) is 0 Å². The highest BCUT2D eigenvalue weighted by atomic mass is 31.2. The molecule has 0 spiro atoms. The van der Waals surface area contributed by atoms with E-state index in [1.807, 2.05) is 7.05 Å². The van der Waals surface area contributed by atoms with E-state index in [1.165, 1.54) is 0 Å². The van der Waals surface area contributed by atoms with Crippen molar-refractivity contribution in [3.05, 3.63) is 5.53 Å². The Morgan fingerprint density at radius 2 is 1.60 bits per heavy atom. The topological polar surface area (TPSA) is 101 Å². The highest BCUT2D eigenvalue weighted by Crippen LogP contribution is 2.49. The number of ether oxygens (including phenoxy) is 1. The number of piperidine rings is 1. The van der Waals surface area contributed by atoms with E-state index >= 15 is 0 Å². The van der Waals surface area contributed by atoms with Gasteiger partial charge in [0.25, 0.3) is 0 Å². The Morgan fingerprint density at radius 1 is 1.16 bits per heavy atom. The maximum absolute atomic E-state index is 12.7. The fraction of sp³-hybridized carbons (Fsp3) is 0.875. The first-order valence-corrected chi connectivity index (χ1v) is 10.0. The molecule has 0 unspecified atom stereocenters. The average molecular weight is 375 g/mol. The van der Waals surface area contributed by atoms with Gasteiger partial charge in [-0.15, -0.1) is 4.79 Å². The summed E-state index contributed by atoms with van der Waals surface area (Å²) in [6.07, 6.45) is 0.803. The Balaban J connectivity index is 3.00. The zero-order chi connectivity index (χ0) is 19.5. The van der Waals surface area contributed by atoms with E-state index in [9.17, 15) is 14.9 Å². The summed E-state index contributed by atoms with van der Waals surface area (Å²) in [5.74, 6) is -0.978. The Hall–Kier alpha value is -1.04. The summed E-state index contributed by atoms with van der Waals surface area (Å²) < 4.78 is 28.3. The number of nitrogens with zero attached hydrogens (tertiary/aromatic N) is 3. The first-order chi connectivity index (χ1) is 11.4. The first-order valence-electron chi connectivity index (χ1n) is 8.50. The molecular weight excluding hydrogens is 345 g/mol. The van der Waals surface area contributed by atoms with Crippen LogP contribution in [0.2, 0.25) is 0 Å². The summed E-state index contributed by atoms with van der Waals surface area (Å²) in [6.45, 7) is 11.6. The van der Waals surface area contributed by atoms with Gasteiger partial charge in [0.15, 0.2) is 0 Å². The Kier molecular flexibility index (Phi) is 7.13. The van der Waals surface area contributed by atoms with Crippen molar-refractivity contribution in [3.63, 3.8) is 0 Å². The highest BCUT2D eigenvalue weighted by molar-refractivity contribution is 7.74. The second kappa shape index (κ2) is 8.11. The van der Waals surface area contributed by atoms with Gasteiger partial charge in [-0.2, -0.15) is 0 Å². The molecule has 0 bridgehead atoms.